The fourth-order valence-electron chi connectivity index (χ4n) is 2.39. The molecule has 2 aromatic rings. The fourth-order valence-corrected chi connectivity index (χ4v) is 3.65. The van der Waals surface area contributed by atoms with Gasteiger partial charge >= 0.3 is 0 Å². The molecule has 2 heterocycles. The van der Waals surface area contributed by atoms with Crippen LogP contribution in [0.4, 0.5) is 0 Å². The summed E-state index contributed by atoms with van der Waals surface area (Å²) in [5, 5.41) is 8.75. The normalized spacial score (nSPS) is 12.8. The number of thiophene rings is 1. The van der Waals surface area contributed by atoms with E-state index in [0.717, 1.165) is 35.8 Å². The number of halogens is 1. The second-order valence-corrected chi connectivity index (χ2v) is 6.52. The van der Waals surface area contributed by atoms with Crippen LogP contribution in [0.2, 0.25) is 5.02 Å². The molecule has 0 saturated carbocycles. The lowest BCUT2D eigenvalue weighted by molar-refractivity contribution is 0.536. The zero-order valence-electron chi connectivity index (χ0n) is 12.5. The topological polar surface area (TPSA) is 29.9 Å². The molecule has 2 aromatic heterocycles. The van der Waals surface area contributed by atoms with Gasteiger partial charge < -0.3 is 5.32 Å². The molecule has 0 aliphatic rings. The van der Waals surface area contributed by atoms with Crippen LogP contribution >= 0.6 is 22.9 Å². The van der Waals surface area contributed by atoms with Gasteiger partial charge in [-0.15, -0.1) is 11.3 Å². The molecule has 0 radical (unpaired) electrons. The Hall–Kier alpha value is -0.840. The third-order valence-corrected chi connectivity index (χ3v) is 5.32. The first kappa shape index (κ1) is 15.5. The van der Waals surface area contributed by atoms with Crippen LogP contribution in [-0.4, -0.2) is 16.3 Å². The lowest BCUT2D eigenvalue weighted by Gasteiger charge is -2.17. The van der Waals surface area contributed by atoms with Crippen molar-refractivity contribution in [3.63, 3.8) is 0 Å². The SMILES string of the molecule is CCNC(Cc1c(Cl)c(C)nn1C)c1ccc(CC)s1. The summed E-state index contributed by atoms with van der Waals surface area (Å²) in [6.07, 6.45) is 1.96. The Balaban J connectivity index is 2.25. The summed E-state index contributed by atoms with van der Waals surface area (Å²) in [7, 11) is 1.96. The van der Waals surface area contributed by atoms with Crippen molar-refractivity contribution < 1.29 is 0 Å². The van der Waals surface area contributed by atoms with Gasteiger partial charge in [0.05, 0.1) is 16.4 Å². The van der Waals surface area contributed by atoms with Gasteiger partial charge in [-0.25, -0.2) is 0 Å². The number of rotatable bonds is 6. The highest BCUT2D eigenvalue weighted by atomic mass is 35.5. The van der Waals surface area contributed by atoms with Crippen molar-refractivity contribution in [3.05, 3.63) is 38.3 Å². The summed E-state index contributed by atoms with van der Waals surface area (Å²) in [6, 6.07) is 4.76. The Kier molecular flexibility index (Phi) is 5.24. The van der Waals surface area contributed by atoms with E-state index in [1.54, 1.807) is 0 Å². The number of nitrogens with one attached hydrogen (secondary N) is 1. The second-order valence-electron chi connectivity index (χ2n) is 4.94. The standard InChI is InChI=1S/C15H22ClN3S/c1-5-11-7-8-14(20-11)12(17-6-2)9-13-15(16)10(3)18-19(13)4/h7-8,12,17H,5-6,9H2,1-4H3. The van der Waals surface area contributed by atoms with Gasteiger partial charge in [-0.3, -0.25) is 4.68 Å². The molecular formula is C15H22ClN3S. The summed E-state index contributed by atoms with van der Waals surface area (Å²) < 4.78 is 1.90. The maximum atomic E-state index is 6.37. The first-order valence-electron chi connectivity index (χ1n) is 7.06. The average molecular weight is 312 g/mol. The molecule has 3 nitrogen and oxygen atoms in total. The number of nitrogens with zero attached hydrogens (tertiary/aromatic N) is 2. The summed E-state index contributed by atoms with van der Waals surface area (Å²) in [5.41, 5.74) is 2.00. The van der Waals surface area contributed by atoms with Crippen LogP contribution in [0.1, 0.15) is 41.0 Å². The molecule has 0 aliphatic carbocycles. The van der Waals surface area contributed by atoms with E-state index in [2.05, 4.69) is 36.4 Å². The third kappa shape index (κ3) is 3.25. The third-order valence-electron chi connectivity index (χ3n) is 3.48. The first-order chi connectivity index (χ1) is 9.56. The first-order valence-corrected chi connectivity index (χ1v) is 8.26. The van der Waals surface area contributed by atoms with Crippen molar-refractivity contribution in [2.75, 3.05) is 6.54 Å². The minimum atomic E-state index is 0.303. The lowest BCUT2D eigenvalue weighted by Crippen LogP contribution is -2.23. The Bertz CT molecular complexity index is 574. The van der Waals surface area contributed by atoms with Crippen LogP contribution < -0.4 is 5.32 Å². The van der Waals surface area contributed by atoms with Gasteiger partial charge in [-0.05, 0) is 32.0 Å². The molecule has 1 atom stereocenters. The zero-order valence-corrected chi connectivity index (χ0v) is 14.1. The summed E-state index contributed by atoms with van der Waals surface area (Å²) in [4.78, 5) is 2.80. The Labute approximate surface area is 130 Å². The van der Waals surface area contributed by atoms with Crippen LogP contribution in [0.15, 0.2) is 12.1 Å². The highest BCUT2D eigenvalue weighted by Gasteiger charge is 2.19. The van der Waals surface area contributed by atoms with Crippen LogP contribution in [0.25, 0.3) is 0 Å². The number of aromatic nitrogens is 2. The number of aryl methyl sites for hydroxylation is 3. The molecule has 0 aliphatic heterocycles. The number of hydrogen-bond acceptors (Lipinski definition) is 3. The Morgan fingerprint density at radius 1 is 1.40 bits per heavy atom. The highest BCUT2D eigenvalue weighted by molar-refractivity contribution is 7.12. The largest absolute Gasteiger partial charge is 0.309 e. The lowest BCUT2D eigenvalue weighted by atomic mass is 10.1. The molecule has 0 saturated heterocycles. The molecule has 2 rings (SSSR count). The molecule has 1 unspecified atom stereocenters. The fraction of sp³-hybridized carbons (Fsp3) is 0.533. The van der Waals surface area contributed by atoms with E-state index in [4.69, 9.17) is 11.6 Å². The summed E-state index contributed by atoms with van der Waals surface area (Å²) >= 11 is 8.25. The van der Waals surface area contributed by atoms with E-state index in [0.29, 0.717) is 6.04 Å². The van der Waals surface area contributed by atoms with Crippen molar-refractivity contribution in [3.8, 4) is 0 Å². The molecule has 20 heavy (non-hydrogen) atoms. The molecule has 110 valence electrons. The molecule has 5 heteroatoms. The predicted molar refractivity (Wildman–Crippen MR) is 86.8 cm³/mol. The van der Waals surface area contributed by atoms with Crippen molar-refractivity contribution in [1.82, 2.24) is 15.1 Å². The minimum absolute atomic E-state index is 0.303. The van der Waals surface area contributed by atoms with E-state index in [1.165, 1.54) is 9.75 Å². The molecule has 0 fully saturated rings. The van der Waals surface area contributed by atoms with E-state index >= 15 is 0 Å². The molecule has 0 spiro atoms. The summed E-state index contributed by atoms with van der Waals surface area (Å²) in [5.74, 6) is 0. The van der Waals surface area contributed by atoms with Gasteiger partial charge in [-0.1, -0.05) is 25.4 Å². The van der Waals surface area contributed by atoms with Crippen LogP contribution in [0.5, 0.6) is 0 Å². The minimum Gasteiger partial charge on any atom is -0.309 e. The monoisotopic (exact) mass is 311 g/mol. The van der Waals surface area contributed by atoms with E-state index < -0.39 is 0 Å². The number of likely N-dealkylation sites (N-methyl/N-ethyl adjacent to an activating group) is 1. The molecule has 0 amide bonds. The van der Waals surface area contributed by atoms with Crippen molar-refractivity contribution in [2.45, 2.75) is 39.7 Å². The van der Waals surface area contributed by atoms with Crippen molar-refractivity contribution in [1.29, 1.82) is 0 Å². The maximum Gasteiger partial charge on any atom is 0.0847 e. The van der Waals surface area contributed by atoms with E-state index in [-0.39, 0.29) is 0 Å². The van der Waals surface area contributed by atoms with Crippen LogP contribution in [0.3, 0.4) is 0 Å². The van der Waals surface area contributed by atoms with Crippen LogP contribution in [0, 0.1) is 6.92 Å². The molecule has 1 N–H and O–H groups in total. The maximum absolute atomic E-state index is 6.37. The Morgan fingerprint density at radius 2 is 2.15 bits per heavy atom. The second kappa shape index (κ2) is 6.74. The van der Waals surface area contributed by atoms with Gasteiger partial charge in [0, 0.05) is 29.3 Å². The van der Waals surface area contributed by atoms with Crippen molar-refractivity contribution >= 4 is 22.9 Å². The summed E-state index contributed by atoms with van der Waals surface area (Å²) in [6.45, 7) is 7.23. The highest BCUT2D eigenvalue weighted by Crippen LogP contribution is 2.29. The van der Waals surface area contributed by atoms with Gasteiger partial charge in [-0.2, -0.15) is 5.10 Å². The predicted octanol–water partition coefficient (Wildman–Crippen LogP) is 3.90. The van der Waals surface area contributed by atoms with Crippen molar-refractivity contribution in [2.24, 2.45) is 7.05 Å². The molecule has 0 aromatic carbocycles. The zero-order chi connectivity index (χ0) is 14.7. The van der Waals surface area contributed by atoms with E-state index in [9.17, 15) is 0 Å². The van der Waals surface area contributed by atoms with Gasteiger partial charge in [0.15, 0.2) is 0 Å². The van der Waals surface area contributed by atoms with Gasteiger partial charge in [0.2, 0.25) is 0 Å². The molecular weight excluding hydrogens is 290 g/mol. The average Bonchev–Trinajstić information content (AvgIpc) is 2.98. The Morgan fingerprint density at radius 3 is 2.65 bits per heavy atom. The van der Waals surface area contributed by atoms with E-state index in [1.807, 2.05) is 30.0 Å². The number of hydrogen-bond donors (Lipinski definition) is 1. The smallest absolute Gasteiger partial charge is 0.0847 e. The quantitative estimate of drug-likeness (QED) is 0.877. The molecule has 0 bridgehead atoms. The van der Waals surface area contributed by atoms with Gasteiger partial charge in [0.25, 0.3) is 0 Å². The van der Waals surface area contributed by atoms with Crippen LogP contribution in [-0.2, 0) is 19.9 Å². The van der Waals surface area contributed by atoms with Gasteiger partial charge in [0.1, 0.15) is 0 Å².